The second kappa shape index (κ2) is 5.24. The van der Waals surface area contributed by atoms with E-state index in [1.807, 2.05) is 0 Å². The standard InChI is InChI=1S/C17H10ClNO3/c18-14-13(15(20)9-5-2-1-3-6-9)16(21)10-7-4-8-11(19)12(10)17(14)22/h1-8H,19H2. The molecule has 108 valence electrons. The van der Waals surface area contributed by atoms with E-state index in [4.69, 9.17) is 17.3 Å². The number of allylic oxidation sites excluding steroid dienone is 2. The summed E-state index contributed by atoms with van der Waals surface area (Å²) in [7, 11) is 0. The molecule has 0 saturated heterocycles. The molecule has 0 aromatic heterocycles. The third kappa shape index (κ3) is 2.05. The predicted octanol–water partition coefficient (Wildman–Crippen LogP) is 3.02. The van der Waals surface area contributed by atoms with Gasteiger partial charge in [-0.2, -0.15) is 0 Å². The van der Waals surface area contributed by atoms with E-state index >= 15 is 0 Å². The Hall–Kier alpha value is -2.72. The van der Waals surface area contributed by atoms with E-state index in [0.29, 0.717) is 5.56 Å². The maximum absolute atomic E-state index is 12.6. The zero-order valence-electron chi connectivity index (χ0n) is 11.3. The highest BCUT2D eigenvalue weighted by molar-refractivity contribution is 6.54. The number of nitrogen functional groups attached to an aromatic ring is 1. The molecule has 0 bridgehead atoms. The van der Waals surface area contributed by atoms with Crippen molar-refractivity contribution in [3.8, 4) is 0 Å². The van der Waals surface area contributed by atoms with Crippen LogP contribution in [0, 0.1) is 0 Å². The van der Waals surface area contributed by atoms with E-state index in [9.17, 15) is 14.4 Å². The number of halogens is 1. The summed E-state index contributed by atoms with van der Waals surface area (Å²) in [6.07, 6.45) is 0. The molecule has 1 aliphatic carbocycles. The van der Waals surface area contributed by atoms with Crippen LogP contribution < -0.4 is 5.73 Å². The van der Waals surface area contributed by atoms with Crippen LogP contribution in [0.15, 0.2) is 59.1 Å². The first-order chi connectivity index (χ1) is 10.5. The highest BCUT2D eigenvalue weighted by atomic mass is 35.5. The largest absolute Gasteiger partial charge is 0.398 e. The Morgan fingerprint density at radius 1 is 0.909 bits per heavy atom. The fourth-order valence-electron chi connectivity index (χ4n) is 2.41. The molecule has 22 heavy (non-hydrogen) atoms. The van der Waals surface area contributed by atoms with Gasteiger partial charge < -0.3 is 5.73 Å². The highest BCUT2D eigenvalue weighted by Crippen LogP contribution is 2.33. The summed E-state index contributed by atoms with van der Waals surface area (Å²) in [5.41, 5.74) is 6.07. The summed E-state index contributed by atoms with van der Waals surface area (Å²) < 4.78 is 0. The van der Waals surface area contributed by atoms with Gasteiger partial charge in [-0.1, -0.05) is 54.1 Å². The summed E-state index contributed by atoms with van der Waals surface area (Å²) >= 11 is 6.01. The van der Waals surface area contributed by atoms with Gasteiger partial charge >= 0.3 is 0 Å². The van der Waals surface area contributed by atoms with Crippen LogP contribution in [0.1, 0.15) is 31.1 Å². The molecule has 0 saturated carbocycles. The molecule has 0 radical (unpaired) electrons. The van der Waals surface area contributed by atoms with Gasteiger partial charge in [-0.15, -0.1) is 0 Å². The van der Waals surface area contributed by atoms with Crippen molar-refractivity contribution in [1.29, 1.82) is 0 Å². The maximum Gasteiger partial charge on any atom is 0.208 e. The minimum Gasteiger partial charge on any atom is -0.398 e. The average Bonchev–Trinajstić information content (AvgIpc) is 2.53. The lowest BCUT2D eigenvalue weighted by Crippen LogP contribution is -2.25. The molecule has 2 aromatic carbocycles. The smallest absolute Gasteiger partial charge is 0.208 e. The van der Waals surface area contributed by atoms with Crippen molar-refractivity contribution in [3.05, 3.63) is 75.8 Å². The van der Waals surface area contributed by atoms with Crippen molar-refractivity contribution in [2.45, 2.75) is 0 Å². The molecule has 0 spiro atoms. The summed E-state index contributed by atoms with van der Waals surface area (Å²) in [5, 5.41) is -0.385. The fourth-order valence-corrected chi connectivity index (χ4v) is 2.67. The number of hydrogen-bond donors (Lipinski definition) is 1. The first-order valence-corrected chi connectivity index (χ1v) is 6.87. The molecule has 0 amide bonds. The van der Waals surface area contributed by atoms with Crippen molar-refractivity contribution in [2.75, 3.05) is 5.73 Å². The van der Waals surface area contributed by atoms with Gasteiger partial charge in [-0.3, -0.25) is 14.4 Å². The van der Waals surface area contributed by atoms with Gasteiger partial charge in [0.1, 0.15) is 5.03 Å². The minimum absolute atomic E-state index is 0.0575. The van der Waals surface area contributed by atoms with Crippen molar-refractivity contribution in [2.24, 2.45) is 0 Å². The van der Waals surface area contributed by atoms with E-state index in [1.165, 1.54) is 12.1 Å². The van der Waals surface area contributed by atoms with Crippen molar-refractivity contribution in [1.82, 2.24) is 0 Å². The minimum atomic E-state index is -0.603. The molecule has 2 aromatic rings. The number of ketones is 3. The van der Waals surface area contributed by atoms with Crippen LogP contribution in [0.2, 0.25) is 0 Å². The third-order valence-corrected chi connectivity index (χ3v) is 3.84. The van der Waals surface area contributed by atoms with Crippen LogP contribution in [0.3, 0.4) is 0 Å². The van der Waals surface area contributed by atoms with Crippen LogP contribution in [-0.2, 0) is 0 Å². The first-order valence-electron chi connectivity index (χ1n) is 6.49. The number of nitrogens with two attached hydrogens (primary N) is 1. The molecule has 0 fully saturated rings. The zero-order valence-corrected chi connectivity index (χ0v) is 12.1. The summed E-state index contributed by atoms with van der Waals surface area (Å²) in [4.78, 5) is 37.4. The SMILES string of the molecule is Nc1cccc2c1C(=O)C(Cl)=C(C(=O)c1ccccc1)C2=O. The summed E-state index contributed by atoms with van der Waals surface area (Å²) in [5.74, 6) is -1.76. The number of fused-ring (bicyclic) bond motifs is 1. The monoisotopic (exact) mass is 311 g/mol. The lowest BCUT2D eigenvalue weighted by Gasteiger charge is -2.18. The number of carbonyl (C=O) groups is 3. The topological polar surface area (TPSA) is 77.2 Å². The van der Waals surface area contributed by atoms with Crippen LogP contribution in [0.25, 0.3) is 0 Å². The molecule has 0 aliphatic heterocycles. The van der Waals surface area contributed by atoms with Crippen molar-refractivity contribution >= 4 is 34.6 Å². The normalized spacial score (nSPS) is 14.0. The highest BCUT2D eigenvalue weighted by Gasteiger charge is 2.36. The number of anilines is 1. The quantitative estimate of drug-likeness (QED) is 0.525. The molecule has 5 heteroatoms. The lowest BCUT2D eigenvalue weighted by molar-refractivity contribution is 0.0932. The number of benzene rings is 2. The van der Waals surface area contributed by atoms with Crippen LogP contribution in [-0.4, -0.2) is 17.3 Å². The van der Waals surface area contributed by atoms with E-state index in [2.05, 4.69) is 0 Å². The lowest BCUT2D eigenvalue weighted by atomic mass is 9.85. The van der Waals surface area contributed by atoms with E-state index < -0.39 is 17.3 Å². The molecule has 0 heterocycles. The molecular weight excluding hydrogens is 302 g/mol. The Bertz CT molecular complexity index is 853. The Labute approximate surface area is 131 Å². The number of Topliss-reactive ketones (excluding diaryl/α,β-unsaturated/α-hetero) is 3. The summed E-state index contributed by atoms with van der Waals surface area (Å²) in [6.45, 7) is 0. The summed E-state index contributed by atoms with van der Waals surface area (Å²) in [6, 6.07) is 12.7. The van der Waals surface area contributed by atoms with Gasteiger partial charge in [0.05, 0.1) is 11.1 Å². The second-order valence-electron chi connectivity index (χ2n) is 4.81. The van der Waals surface area contributed by atoms with Crippen LogP contribution in [0.4, 0.5) is 5.69 Å². The van der Waals surface area contributed by atoms with Gasteiger partial charge in [-0.05, 0) is 6.07 Å². The molecule has 4 nitrogen and oxygen atoms in total. The third-order valence-electron chi connectivity index (χ3n) is 3.48. The molecule has 2 N–H and O–H groups in total. The molecule has 1 aliphatic rings. The Morgan fingerprint density at radius 3 is 2.27 bits per heavy atom. The molecular formula is C17H10ClNO3. The van der Waals surface area contributed by atoms with Gasteiger partial charge in [0.25, 0.3) is 0 Å². The van der Waals surface area contributed by atoms with Gasteiger partial charge in [0.15, 0.2) is 11.6 Å². The molecule has 0 atom stereocenters. The van der Waals surface area contributed by atoms with E-state index in [0.717, 1.165) is 0 Å². The maximum atomic E-state index is 12.6. The number of carbonyl (C=O) groups excluding carboxylic acids is 3. The van der Waals surface area contributed by atoms with Gasteiger partial charge in [-0.25, -0.2) is 0 Å². The van der Waals surface area contributed by atoms with Crippen molar-refractivity contribution in [3.63, 3.8) is 0 Å². The Kier molecular flexibility index (Phi) is 3.39. The first kappa shape index (κ1) is 14.2. The Morgan fingerprint density at radius 2 is 1.59 bits per heavy atom. The van der Waals surface area contributed by atoms with Crippen LogP contribution >= 0.6 is 11.6 Å². The van der Waals surface area contributed by atoms with Gasteiger partial charge in [0.2, 0.25) is 5.78 Å². The van der Waals surface area contributed by atoms with Gasteiger partial charge in [0, 0.05) is 16.8 Å². The number of rotatable bonds is 2. The van der Waals surface area contributed by atoms with Crippen molar-refractivity contribution < 1.29 is 14.4 Å². The molecule has 0 unspecified atom stereocenters. The van der Waals surface area contributed by atoms with E-state index in [1.54, 1.807) is 36.4 Å². The predicted molar refractivity (Wildman–Crippen MR) is 83.2 cm³/mol. The Balaban J connectivity index is 2.18. The second-order valence-corrected chi connectivity index (χ2v) is 5.19. The van der Waals surface area contributed by atoms with E-state index in [-0.39, 0.29) is 27.4 Å². The number of hydrogen-bond acceptors (Lipinski definition) is 4. The van der Waals surface area contributed by atoms with Crippen LogP contribution in [0.5, 0.6) is 0 Å². The fraction of sp³-hybridized carbons (Fsp3) is 0. The average molecular weight is 312 g/mol. The molecule has 3 rings (SSSR count). The zero-order chi connectivity index (χ0) is 15.9.